The molecule has 170 valence electrons. The molecule has 30 heavy (non-hydrogen) atoms. The molecule has 0 aromatic heterocycles. The van der Waals surface area contributed by atoms with Crippen molar-refractivity contribution in [2.45, 2.75) is 109 Å². The Morgan fingerprint density at radius 1 is 1.27 bits per heavy atom. The van der Waals surface area contributed by atoms with Crippen molar-refractivity contribution in [3.05, 3.63) is 35.5 Å². The maximum atomic E-state index is 11.4. The summed E-state index contributed by atoms with van der Waals surface area (Å²) in [5.41, 5.74) is 2.44. The molecule has 0 aromatic carbocycles. The van der Waals surface area contributed by atoms with Gasteiger partial charge in [-0.15, -0.1) is 0 Å². The van der Waals surface area contributed by atoms with Gasteiger partial charge in [0.25, 0.3) is 0 Å². The first-order chi connectivity index (χ1) is 14.1. The standard InChI is InChI=1S/C26H42O4/c1-5-20(27)12-14-26(4,30)24-11-10-22-18(7-6-13-25(22,24)3)8-9-19-15-21(28)16-23(29)17(19)2/h8-9,20-24,27-30H,2,5-7,10-16H2,1,3-4H3/b18-8-,19-9-/t20-,21+,22?,23-,24?,25-,26+/m0/s1. The number of fused-ring (bicyclic) bond motifs is 1. The summed E-state index contributed by atoms with van der Waals surface area (Å²) >= 11 is 0. The quantitative estimate of drug-likeness (QED) is 0.514. The highest BCUT2D eigenvalue weighted by Crippen LogP contribution is 2.60. The van der Waals surface area contributed by atoms with E-state index < -0.39 is 17.8 Å². The third-order valence-electron chi connectivity index (χ3n) is 8.43. The van der Waals surface area contributed by atoms with Crippen molar-refractivity contribution in [1.29, 1.82) is 0 Å². The van der Waals surface area contributed by atoms with Crippen LogP contribution >= 0.6 is 0 Å². The van der Waals surface area contributed by atoms with Gasteiger partial charge >= 0.3 is 0 Å². The largest absolute Gasteiger partial charge is 0.393 e. The second-order valence-corrected chi connectivity index (χ2v) is 10.6. The molecular weight excluding hydrogens is 376 g/mol. The van der Waals surface area contributed by atoms with Crippen LogP contribution in [0.15, 0.2) is 35.5 Å². The third-order valence-corrected chi connectivity index (χ3v) is 8.43. The maximum Gasteiger partial charge on any atom is 0.0811 e. The molecular formula is C26H42O4. The minimum Gasteiger partial charge on any atom is -0.393 e. The normalized spacial score (nSPS) is 40.4. The smallest absolute Gasteiger partial charge is 0.0811 e. The summed E-state index contributed by atoms with van der Waals surface area (Å²) in [5.74, 6) is 0.700. The zero-order chi connectivity index (χ0) is 22.1. The Morgan fingerprint density at radius 3 is 2.70 bits per heavy atom. The third kappa shape index (κ3) is 4.77. The lowest BCUT2D eigenvalue weighted by atomic mass is 9.59. The molecule has 0 aromatic rings. The first-order valence-corrected chi connectivity index (χ1v) is 11.9. The van der Waals surface area contributed by atoms with E-state index in [1.807, 2.05) is 13.8 Å². The summed E-state index contributed by atoms with van der Waals surface area (Å²) < 4.78 is 0. The van der Waals surface area contributed by atoms with Gasteiger partial charge in [-0.3, -0.25) is 0 Å². The molecule has 3 aliphatic rings. The van der Waals surface area contributed by atoms with Gasteiger partial charge < -0.3 is 20.4 Å². The second kappa shape index (κ2) is 9.28. The van der Waals surface area contributed by atoms with Gasteiger partial charge in [-0.05, 0) is 93.1 Å². The molecule has 4 N–H and O–H groups in total. The van der Waals surface area contributed by atoms with E-state index in [0.717, 1.165) is 49.7 Å². The van der Waals surface area contributed by atoms with Crippen molar-refractivity contribution in [3.8, 4) is 0 Å². The molecule has 3 fully saturated rings. The Kier molecular flexibility index (Phi) is 7.33. The van der Waals surface area contributed by atoms with Gasteiger partial charge in [-0.1, -0.05) is 38.2 Å². The predicted octanol–water partition coefficient (Wildman–Crippen LogP) is 4.43. The number of aliphatic hydroxyl groups excluding tert-OH is 3. The lowest BCUT2D eigenvalue weighted by Gasteiger charge is -2.47. The van der Waals surface area contributed by atoms with Gasteiger partial charge in [-0.2, -0.15) is 0 Å². The summed E-state index contributed by atoms with van der Waals surface area (Å²) in [6.45, 7) is 10.3. The van der Waals surface area contributed by atoms with Crippen LogP contribution in [-0.2, 0) is 0 Å². The maximum absolute atomic E-state index is 11.4. The van der Waals surface area contributed by atoms with Crippen LogP contribution in [0.4, 0.5) is 0 Å². The molecule has 0 radical (unpaired) electrons. The molecule has 3 rings (SSSR count). The number of allylic oxidation sites excluding steroid dienone is 3. The predicted molar refractivity (Wildman–Crippen MR) is 121 cm³/mol. The number of aliphatic hydroxyl groups is 4. The summed E-state index contributed by atoms with van der Waals surface area (Å²) in [4.78, 5) is 0. The Labute approximate surface area is 182 Å². The van der Waals surface area contributed by atoms with E-state index in [-0.39, 0.29) is 17.4 Å². The van der Waals surface area contributed by atoms with Gasteiger partial charge in [-0.25, -0.2) is 0 Å². The van der Waals surface area contributed by atoms with Crippen LogP contribution in [0.3, 0.4) is 0 Å². The highest BCUT2D eigenvalue weighted by atomic mass is 16.3. The van der Waals surface area contributed by atoms with Crippen molar-refractivity contribution in [3.63, 3.8) is 0 Å². The summed E-state index contributed by atoms with van der Waals surface area (Å²) in [7, 11) is 0. The van der Waals surface area contributed by atoms with Crippen LogP contribution in [0.1, 0.15) is 85.0 Å². The van der Waals surface area contributed by atoms with Crippen molar-refractivity contribution in [2.75, 3.05) is 0 Å². The summed E-state index contributed by atoms with van der Waals surface area (Å²) in [5, 5.41) is 41.5. The van der Waals surface area contributed by atoms with E-state index in [9.17, 15) is 20.4 Å². The Morgan fingerprint density at radius 2 is 2.00 bits per heavy atom. The first-order valence-electron chi connectivity index (χ1n) is 11.9. The first kappa shape index (κ1) is 23.7. The fourth-order valence-corrected chi connectivity index (χ4v) is 6.56. The molecule has 4 heteroatoms. The topological polar surface area (TPSA) is 80.9 Å². The molecule has 3 aliphatic carbocycles. The minimum absolute atomic E-state index is 0.0753. The van der Waals surface area contributed by atoms with E-state index in [1.165, 1.54) is 5.57 Å². The summed E-state index contributed by atoms with van der Waals surface area (Å²) in [6.07, 6.45) is 11.2. The number of hydrogen-bond donors (Lipinski definition) is 4. The lowest BCUT2D eigenvalue weighted by Crippen LogP contribution is -2.45. The van der Waals surface area contributed by atoms with Crippen LogP contribution < -0.4 is 0 Å². The molecule has 0 spiro atoms. The fraction of sp³-hybridized carbons (Fsp3) is 0.769. The second-order valence-electron chi connectivity index (χ2n) is 10.6. The minimum atomic E-state index is -0.758. The SMILES string of the molecule is C=C1/C(=C\C=C2\CCC[C@@]3(C)C2CCC3[C@](C)(O)CC[C@@H](O)CC)C[C@@H](O)C[C@@H]1O. The number of hydrogen-bond acceptors (Lipinski definition) is 4. The zero-order valence-corrected chi connectivity index (χ0v) is 19.1. The van der Waals surface area contributed by atoms with Crippen molar-refractivity contribution in [1.82, 2.24) is 0 Å². The Balaban J connectivity index is 1.78. The Hall–Kier alpha value is -0.940. The molecule has 0 saturated heterocycles. The molecule has 7 atom stereocenters. The highest BCUT2D eigenvalue weighted by Gasteiger charge is 2.54. The number of rotatable bonds is 6. The highest BCUT2D eigenvalue weighted by molar-refractivity contribution is 5.38. The molecule has 0 bridgehead atoms. The molecule has 0 aliphatic heterocycles. The van der Waals surface area contributed by atoms with Gasteiger partial charge in [0.1, 0.15) is 0 Å². The molecule has 0 amide bonds. The van der Waals surface area contributed by atoms with Gasteiger partial charge in [0.2, 0.25) is 0 Å². The van der Waals surface area contributed by atoms with Crippen LogP contribution in [0, 0.1) is 17.3 Å². The lowest BCUT2D eigenvalue weighted by molar-refractivity contribution is -0.0706. The average molecular weight is 419 g/mol. The van der Waals surface area contributed by atoms with E-state index in [0.29, 0.717) is 31.6 Å². The van der Waals surface area contributed by atoms with Crippen LogP contribution in [0.2, 0.25) is 0 Å². The molecule has 3 saturated carbocycles. The van der Waals surface area contributed by atoms with E-state index in [2.05, 4.69) is 25.7 Å². The van der Waals surface area contributed by atoms with E-state index >= 15 is 0 Å². The molecule has 4 nitrogen and oxygen atoms in total. The van der Waals surface area contributed by atoms with Crippen molar-refractivity contribution >= 4 is 0 Å². The van der Waals surface area contributed by atoms with Crippen molar-refractivity contribution < 1.29 is 20.4 Å². The van der Waals surface area contributed by atoms with E-state index in [1.54, 1.807) is 0 Å². The van der Waals surface area contributed by atoms with Crippen LogP contribution in [0.25, 0.3) is 0 Å². The molecule has 2 unspecified atom stereocenters. The van der Waals surface area contributed by atoms with Crippen molar-refractivity contribution in [2.24, 2.45) is 17.3 Å². The summed E-state index contributed by atoms with van der Waals surface area (Å²) in [6, 6.07) is 0. The van der Waals surface area contributed by atoms with Gasteiger partial charge in [0.05, 0.1) is 23.9 Å². The zero-order valence-electron chi connectivity index (χ0n) is 19.1. The molecule has 0 heterocycles. The van der Waals surface area contributed by atoms with Gasteiger partial charge in [0, 0.05) is 6.42 Å². The Bertz CT molecular complexity index is 691. The fourth-order valence-electron chi connectivity index (χ4n) is 6.56. The van der Waals surface area contributed by atoms with Crippen LogP contribution in [0.5, 0.6) is 0 Å². The average Bonchev–Trinajstić information content (AvgIpc) is 3.06. The van der Waals surface area contributed by atoms with E-state index in [4.69, 9.17) is 0 Å². The monoisotopic (exact) mass is 418 g/mol. The van der Waals surface area contributed by atoms with Gasteiger partial charge in [0.15, 0.2) is 0 Å². The van der Waals surface area contributed by atoms with Crippen LogP contribution in [-0.4, -0.2) is 44.3 Å².